The summed E-state index contributed by atoms with van der Waals surface area (Å²) in [5.74, 6) is 0.927. The molecule has 0 aromatic heterocycles. The van der Waals surface area contributed by atoms with Crippen LogP contribution >= 0.6 is 15.9 Å². The third kappa shape index (κ3) is 2.56. The second-order valence-electron chi connectivity index (χ2n) is 5.92. The highest BCUT2D eigenvalue weighted by molar-refractivity contribution is 9.10. The van der Waals surface area contributed by atoms with Gasteiger partial charge < -0.3 is 15.0 Å². The summed E-state index contributed by atoms with van der Waals surface area (Å²) >= 11 is 3.54. The smallest absolute Gasteiger partial charge is 0.135 e. The summed E-state index contributed by atoms with van der Waals surface area (Å²) in [6, 6.07) is 8.52. The van der Waals surface area contributed by atoms with Crippen LogP contribution in [0.15, 0.2) is 22.7 Å². The van der Waals surface area contributed by atoms with Crippen molar-refractivity contribution in [3.63, 3.8) is 0 Å². The quantitative estimate of drug-likeness (QED) is 0.911. The van der Waals surface area contributed by atoms with Crippen LogP contribution in [0.5, 0.6) is 5.75 Å². The van der Waals surface area contributed by atoms with Crippen molar-refractivity contribution >= 4 is 21.6 Å². The minimum absolute atomic E-state index is 0.672. The van der Waals surface area contributed by atoms with Crippen molar-refractivity contribution in [3.05, 3.63) is 22.7 Å². The van der Waals surface area contributed by atoms with Crippen LogP contribution in [0, 0.1) is 0 Å². The van der Waals surface area contributed by atoms with Crippen molar-refractivity contribution < 1.29 is 4.74 Å². The molecule has 2 heterocycles. The van der Waals surface area contributed by atoms with E-state index >= 15 is 0 Å². The summed E-state index contributed by atoms with van der Waals surface area (Å²) in [4.78, 5) is 2.65. The number of anilines is 1. The zero-order valence-corrected chi connectivity index (χ0v) is 13.8. The fourth-order valence-electron chi connectivity index (χ4n) is 3.85. The Hall–Kier alpha value is -0.740. The van der Waals surface area contributed by atoms with E-state index in [2.05, 4.69) is 51.4 Å². The molecule has 3 rings (SSSR count). The average molecular weight is 339 g/mol. The normalized spacial score (nSPS) is 29.4. The summed E-state index contributed by atoms with van der Waals surface area (Å²) in [6.45, 7) is 0. The van der Waals surface area contributed by atoms with E-state index in [1.165, 1.54) is 37.8 Å². The molecule has 4 heteroatoms. The molecule has 0 spiro atoms. The second kappa shape index (κ2) is 5.94. The van der Waals surface area contributed by atoms with Crippen LogP contribution in [0.2, 0.25) is 0 Å². The van der Waals surface area contributed by atoms with Crippen LogP contribution in [-0.2, 0) is 0 Å². The third-order valence-electron chi connectivity index (χ3n) is 4.82. The molecule has 0 saturated carbocycles. The van der Waals surface area contributed by atoms with Gasteiger partial charge in [-0.3, -0.25) is 0 Å². The summed E-state index contributed by atoms with van der Waals surface area (Å²) < 4.78 is 6.48. The highest BCUT2D eigenvalue weighted by Gasteiger charge is 2.37. The second-order valence-corrected chi connectivity index (χ2v) is 6.78. The molecule has 20 heavy (non-hydrogen) atoms. The molecular weight excluding hydrogens is 316 g/mol. The van der Waals surface area contributed by atoms with Gasteiger partial charge >= 0.3 is 0 Å². The molecule has 0 amide bonds. The first-order valence-electron chi connectivity index (χ1n) is 7.52. The maximum Gasteiger partial charge on any atom is 0.135 e. The van der Waals surface area contributed by atoms with E-state index < -0.39 is 0 Å². The number of methoxy groups -OCH3 is 1. The Morgan fingerprint density at radius 3 is 2.55 bits per heavy atom. The summed E-state index contributed by atoms with van der Waals surface area (Å²) in [5, 5.41) is 3.48. The molecule has 2 fully saturated rings. The summed E-state index contributed by atoms with van der Waals surface area (Å²) in [5.41, 5.74) is 1.31. The predicted octanol–water partition coefficient (Wildman–Crippen LogP) is 3.57. The Morgan fingerprint density at radius 1 is 1.25 bits per heavy atom. The lowest BCUT2D eigenvalue weighted by molar-refractivity contribution is 0.252. The van der Waals surface area contributed by atoms with Gasteiger partial charge in [-0.1, -0.05) is 0 Å². The maximum absolute atomic E-state index is 5.45. The minimum Gasteiger partial charge on any atom is -0.495 e. The van der Waals surface area contributed by atoms with E-state index in [-0.39, 0.29) is 0 Å². The lowest BCUT2D eigenvalue weighted by Crippen LogP contribution is -2.56. The molecule has 1 aromatic carbocycles. The highest BCUT2D eigenvalue weighted by Crippen LogP contribution is 2.40. The van der Waals surface area contributed by atoms with Gasteiger partial charge in [0, 0.05) is 29.9 Å². The van der Waals surface area contributed by atoms with Gasteiger partial charge in [0.25, 0.3) is 0 Å². The van der Waals surface area contributed by atoms with Gasteiger partial charge in [0.1, 0.15) is 5.75 Å². The number of nitrogens with one attached hydrogen (secondary N) is 1. The Labute approximate surface area is 129 Å². The standard InChI is InChI=1S/C16H23BrN2O/c1-18-11-8-12-4-3-5-13(9-11)19(12)14-6-7-15(17)16(10-14)20-2/h6-7,10-13,18H,3-5,8-9H2,1-2H3. The average Bonchev–Trinajstić information content (AvgIpc) is 2.46. The number of benzene rings is 1. The number of rotatable bonds is 3. The Morgan fingerprint density at radius 2 is 1.95 bits per heavy atom. The van der Waals surface area contributed by atoms with Crippen molar-refractivity contribution in [2.24, 2.45) is 0 Å². The first-order chi connectivity index (χ1) is 9.72. The molecule has 0 radical (unpaired) electrons. The van der Waals surface area contributed by atoms with E-state index in [0.717, 1.165) is 10.2 Å². The van der Waals surface area contributed by atoms with Gasteiger partial charge in [-0.15, -0.1) is 0 Å². The number of ether oxygens (including phenoxy) is 1. The molecule has 2 atom stereocenters. The Balaban J connectivity index is 1.89. The van der Waals surface area contributed by atoms with Gasteiger partial charge in [-0.05, 0) is 67.2 Å². The Kier molecular flexibility index (Phi) is 4.22. The van der Waals surface area contributed by atoms with E-state index in [9.17, 15) is 0 Å². The van der Waals surface area contributed by atoms with E-state index in [1.54, 1.807) is 7.11 Å². The first kappa shape index (κ1) is 14.2. The molecule has 1 N–H and O–H groups in total. The minimum atomic E-state index is 0.672. The molecule has 2 aliphatic heterocycles. The number of hydrogen-bond acceptors (Lipinski definition) is 3. The lowest BCUT2D eigenvalue weighted by atomic mass is 9.81. The number of nitrogens with zero attached hydrogens (tertiary/aromatic N) is 1. The number of fused-ring (bicyclic) bond motifs is 2. The molecule has 3 nitrogen and oxygen atoms in total. The van der Waals surface area contributed by atoms with Crippen LogP contribution in [0.1, 0.15) is 32.1 Å². The van der Waals surface area contributed by atoms with Gasteiger partial charge in [-0.2, -0.15) is 0 Å². The molecule has 2 bridgehead atoms. The topological polar surface area (TPSA) is 24.5 Å². The van der Waals surface area contributed by atoms with Gasteiger partial charge in [-0.25, -0.2) is 0 Å². The van der Waals surface area contributed by atoms with Crippen LogP contribution in [-0.4, -0.2) is 32.3 Å². The summed E-state index contributed by atoms with van der Waals surface area (Å²) in [6.07, 6.45) is 6.51. The van der Waals surface area contributed by atoms with Crippen LogP contribution in [0.4, 0.5) is 5.69 Å². The summed E-state index contributed by atoms with van der Waals surface area (Å²) in [7, 11) is 3.83. The lowest BCUT2D eigenvalue weighted by Gasteiger charge is -2.50. The molecule has 1 aromatic rings. The van der Waals surface area contributed by atoms with E-state index in [0.29, 0.717) is 18.1 Å². The van der Waals surface area contributed by atoms with Gasteiger partial charge in [0.05, 0.1) is 11.6 Å². The van der Waals surface area contributed by atoms with Gasteiger partial charge in [0.15, 0.2) is 0 Å². The molecule has 110 valence electrons. The first-order valence-corrected chi connectivity index (χ1v) is 8.31. The van der Waals surface area contributed by atoms with Crippen molar-refractivity contribution in [3.8, 4) is 5.75 Å². The molecule has 2 unspecified atom stereocenters. The fourth-order valence-corrected chi connectivity index (χ4v) is 4.26. The van der Waals surface area contributed by atoms with Crippen molar-refractivity contribution in [2.45, 2.75) is 50.2 Å². The van der Waals surface area contributed by atoms with Crippen LogP contribution in [0.3, 0.4) is 0 Å². The zero-order valence-electron chi connectivity index (χ0n) is 12.2. The Bertz CT molecular complexity index is 466. The predicted molar refractivity (Wildman–Crippen MR) is 86.7 cm³/mol. The zero-order chi connectivity index (χ0) is 14.1. The third-order valence-corrected chi connectivity index (χ3v) is 5.47. The number of halogens is 1. The van der Waals surface area contributed by atoms with E-state index in [4.69, 9.17) is 4.74 Å². The van der Waals surface area contributed by atoms with E-state index in [1.807, 2.05) is 0 Å². The fraction of sp³-hybridized carbons (Fsp3) is 0.625. The van der Waals surface area contributed by atoms with Gasteiger partial charge in [0.2, 0.25) is 0 Å². The van der Waals surface area contributed by atoms with Crippen molar-refractivity contribution in [2.75, 3.05) is 19.1 Å². The van der Waals surface area contributed by atoms with Crippen LogP contribution in [0.25, 0.3) is 0 Å². The number of piperidine rings is 2. The van der Waals surface area contributed by atoms with Crippen LogP contribution < -0.4 is 15.0 Å². The largest absolute Gasteiger partial charge is 0.495 e. The highest BCUT2D eigenvalue weighted by atomic mass is 79.9. The molecular formula is C16H23BrN2O. The maximum atomic E-state index is 5.45. The van der Waals surface area contributed by atoms with Crippen molar-refractivity contribution in [1.82, 2.24) is 5.32 Å². The molecule has 0 aliphatic carbocycles. The van der Waals surface area contributed by atoms with Crippen molar-refractivity contribution in [1.29, 1.82) is 0 Å². The molecule has 2 aliphatic rings. The SMILES string of the molecule is CNC1CC2CCCC(C1)N2c1ccc(Br)c(OC)c1. The molecule has 2 saturated heterocycles. The monoisotopic (exact) mass is 338 g/mol. The number of hydrogen-bond donors (Lipinski definition) is 1.